The van der Waals surface area contributed by atoms with Gasteiger partial charge < -0.3 is 14.8 Å². The SMILES string of the molecule is COc1cc(CSC2=NC(c3ccccc3)C(c3ccccc3)N2)cc(OC)c1.Cl. The number of benzene rings is 3. The molecule has 1 aliphatic rings. The summed E-state index contributed by atoms with van der Waals surface area (Å²) in [4.78, 5) is 5.02. The van der Waals surface area contributed by atoms with Crippen molar-refractivity contribution in [2.24, 2.45) is 4.99 Å². The fourth-order valence-electron chi connectivity index (χ4n) is 3.47. The van der Waals surface area contributed by atoms with Gasteiger partial charge in [0.25, 0.3) is 0 Å². The molecule has 0 amide bonds. The summed E-state index contributed by atoms with van der Waals surface area (Å²) in [5.74, 6) is 2.37. The third kappa shape index (κ3) is 5.10. The lowest BCUT2D eigenvalue weighted by Gasteiger charge is -2.19. The summed E-state index contributed by atoms with van der Waals surface area (Å²) < 4.78 is 10.8. The van der Waals surface area contributed by atoms with Gasteiger partial charge in [0, 0.05) is 11.8 Å². The van der Waals surface area contributed by atoms with Crippen LogP contribution in [0.2, 0.25) is 0 Å². The smallest absolute Gasteiger partial charge is 0.158 e. The molecular weight excluding hydrogens is 416 g/mol. The summed E-state index contributed by atoms with van der Waals surface area (Å²) in [6.07, 6.45) is 0. The average Bonchev–Trinajstić information content (AvgIpc) is 3.23. The number of rotatable bonds is 6. The van der Waals surface area contributed by atoms with E-state index in [1.807, 2.05) is 30.3 Å². The summed E-state index contributed by atoms with van der Waals surface area (Å²) in [6.45, 7) is 0. The standard InChI is InChI=1S/C24H24N2O2S.ClH/c1-27-20-13-17(14-21(15-20)28-2)16-29-24-25-22(18-9-5-3-6-10-18)23(26-24)19-11-7-4-8-12-19;/h3-15,22-23H,16H2,1-2H3,(H,25,26);1H. The van der Waals surface area contributed by atoms with E-state index >= 15 is 0 Å². The summed E-state index contributed by atoms with van der Waals surface area (Å²) in [5.41, 5.74) is 3.59. The number of aliphatic imine (C=N–C) groups is 1. The summed E-state index contributed by atoms with van der Waals surface area (Å²) in [5, 5.41) is 4.59. The summed E-state index contributed by atoms with van der Waals surface area (Å²) in [6, 6.07) is 27.1. The van der Waals surface area contributed by atoms with E-state index in [0.717, 1.165) is 28.0 Å². The first kappa shape index (κ1) is 22.1. The zero-order valence-corrected chi connectivity index (χ0v) is 18.6. The van der Waals surface area contributed by atoms with Gasteiger partial charge in [0.15, 0.2) is 5.17 Å². The van der Waals surface area contributed by atoms with Crippen molar-refractivity contribution in [2.75, 3.05) is 14.2 Å². The van der Waals surface area contributed by atoms with E-state index in [0.29, 0.717) is 0 Å². The van der Waals surface area contributed by atoms with Crippen LogP contribution < -0.4 is 14.8 Å². The van der Waals surface area contributed by atoms with Crippen LogP contribution >= 0.6 is 24.2 Å². The molecule has 0 saturated heterocycles. The third-order valence-electron chi connectivity index (χ3n) is 4.94. The second kappa shape index (κ2) is 10.4. The van der Waals surface area contributed by atoms with Gasteiger partial charge >= 0.3 is 0 Å². The highest BCUT2D eigenvalue weighted by molar-refractivity contribution is 8.13. The predicted molar refractivity (Wildman–Crippen MR) is 127 cm³/mol. The molecular formula is C24H25ClN2O2S. The molecule has 156 valence electrons. The highest BCUT2D eigenvalue weighted by atomic mass is 35.5. The second-order valence-electron chi connectivity index (χ2n) is 6.83. The molecule has 2 unspecified atom stereocenters. The van der Waals surface area contributed by atoms with Crippen molar-refractivity contribution in [1.29, 1.82) is 0 Å². The molecule has 0 saturated carbocycles. The number of methoxy groups -OCH3 is 2. The zero-order chi connectivity index (χ0) is 20.1. The van der Waals surface area contributed by atoms with Crippen molar-refractivity contribution in [3.05, 3.63) is 95.6 Å². The molecule has 30 heavy (non-hydrogen) atoms. The number of nitrogens with one attached hydrogen (secondary N) is 1. The van der Waals surface area contributed by atoms with Crippen molar-refractivity contribution in [2.45, 2.75) is 17.8 Å². The van der Waals surface area contributed by atoms with E-state index in [1.165, 1.54) is 11.1 Å². The van der Waals surface area contributed by atoms with Crippen LogP contribution in [0.5, 0.6) is 11.5 Å². The number of hydrogen-bond acceptors (Lipinski definition) is 5. The maximum Gasteiger partial charge on any atom is 0.158 e. The monoisotopic (exact) mass is 440 g/mol. The fourth-order valence-corrected chi connectivity index (χ4v) is 4.34. The lowest BCUT2D eigenvalue weighted by molar-refractivity contribution is 0.393. The maximum absolute atomic E-state index is 5.38. The minimum absolute atomic E-state index is 0. The first-order chi connectivity index (χ1) is 14.3. The minimum Gasteiger partial charge on any atom is -0.497 e. The topological polar surface area (TPSA) is 42.8 Å². The molecule has 1 aliphatic heterocycles. The van der Waals surface area contributed by atoms with Crippen molar-refractivity contribution in [1.82, 2.24) is 5.32 Å². The normalized spacial score (nSPS) is 17.5. The Bertz CT molecular complexity index is 961. The number of halogens is 1. The van der Waals surface area contributed by atoms with Gasteiger partial charge in [0.1, 0.15) is 17.5 Å². The lowest BCUT2D eigenvalue weighted by Crippen LogP contribution is -2.22. The van der Waals surface area contributed by atoms with Gasteiger partial charge in [-0.1, -0.05) is 72.4 Å². The Balaban J connectivity index is 0.00000256. The Morgan fingerprint density at radius 1 is 0.833 bits per heavy atom. The van der Waals surface area contributed by atoms with Gasteiger partial charge in [-0.05, 0) is 28.8 Å². The average molecular weight is 441 g/mol. The van der Waals surface area contributed by atoms with Crippen LogP contribution in [0.25, 0.3) is 0 Å². The van der Waals surface area contributed by atoms with Gasteiger partial charge in [-0.25, -0.2) is 0 Å². The van der Waals surface area contributed by atoms with Crippen LogP contribution in [0.1, 0.15) is 28.8 Å². The van der Waals surface area contributed by atoms with Gasteiger partial charge in [-0.2, -0.15) is 0 Å². The molecule has 1 N–H and O–H groups in total. The van der Waals surface area contributed by atoms with Gasteiger partial charge in [0.2, 0.25) is 0 Å². The Morgan fingerprint density at radius 3 is 1.97 bits per heavy atom. The van der Waals surface area contributed by atoms with E-state index in [2.05, 4.69) is 53.8 Å². The number of nitrogens with zero attached hydrogens (tertiary/aromatic N) is 1. The van der Waals surface area contributed by atoms with Crippen LogP contribution in [0.4, 0.5) is 0 Å². The molecule has 3 aromatic rings. The summed E-state index contributed by atoms with van der Waals surface area (Å²) >= 11 is 1.70. The molecule has 4 rings (SSSR count). The number of ether oxygens (including phenoxy) is 2. The van der Waals surface area contributed by atoms with Crippen LogP contribution in [-0.2, 0) is 5.75 Å². The van der Waals surface area contributed by atoms with E-state index in [9.17, 15) is 0 Å². The quantitative estimate of drug-likeness (QED) is 0.526. The van der Waals surface area contributed by atoms with Gasteiger partial charge in [-0.15, -0.1) is 12.4 Å². The largest absolute Gasteiger partial charge is 0.497 e. The number of thioether (sulfide) groups is 1. The third-order valence-corrected chi connectivity index (χ3v) is 5.91. The molecule has 0 aliphatic carbocycles. The molecule has 0 fully saturated rings. The van der Waals surface area contributed by atoms with Crippen molar-refractivity contribution >= 4 is 29.3 Å². The molecule has 6 heteroatoms. The van der Waals surface area contributed by atoms with Crippen molar-refractivity contribution in [3.63, 3.8) is 0 Å². The number of amidine groups is 1. The predicted octanol–water partition coefficient (Wildman–Crippen LogP) is 5.80. The minimum atomic E-state index is 0. The fraction of sp³-hybridized carbons (Fsp3) is 0.208. The van der Waals surface area contributed by atoms with Gasteiger partial charge in [0.05, 0.1) is 20.3 Å². The lowest BCUT2D eigenvalue weighted by atomic mass is 9.95. The van der Waals surface area contributed by atoms with E-state index in [1.54, 1.807) is 26.0 Å². The molecule has 0 spiro atoms. The highest BCUT2D eigenvalue weighted by Crippen LogP contribution is 2.38. The molecule has 1 heterocycles. The van der Waals surface area contributed by atoms with E-state index in [4.69, 9.17) is 14.5 Å². The zero-order valence-electron chi connectivity index (χ0n) is 16.9. The Labute approximate surface area is 188 Å². The maximum atomic E-state index is 5.38. The molecule has 2 atom stereocenters. The Kier molecular flexibility index (Phi) is 7.66. The molecule has 0 bridgehead atoms. The summed E-state index contributed by atoms with van der Waals surface area (Å²) in [7, 11) is 3.34. The van der Waals surface area contributed by atoms with E-state index in [-0.39, 0.29) is 24.5 Å². The Morgan fingerprint density at radius 2 is 1.40 bits per heavy atom. The second-order valence-corrected chi connectivity index (χ2v) is 7.80. The van der Waals surface area contributed by atoms with Crippen molar-refractivity contribution in [3.8, 4) is 11.5 Å². The Hall–Kier alpha value is -2.63. The van der Waals surface area contributed by atoms with Crippen LogP contribution in [0.15, 0.2) is 83.9 Å². The molecule has 0 radical (unpaired) electrons. The van der Waals surface area contributed by atoms with Crippen molar-refractivity contribution < 1.29 is 9.47 Å². The first-order valence-electron chi connectivity index (χ1n) is 9.56. The number of hydrogen-bond donors (Lipinski definition) is 1. The van der Waals surface area contributed by atoms with Gasteiger partial charge in [-0.3, -0.25) is 4.99 Å². The molecule has 4 nitrogen and oxygen atoms in total. The van der Waals surface area contributed by atoms with Crippen LogP contribution in [0.3, 0.4) is 0 Å². The molecule has 3 aromatic carbocycles. The first-order valence-corrected chi connectivity index (χ1v) is 10.5. The van der Waals surface area contributed by atoms with Crippen LogP contribution in [-0.4, -0.2) is 19.4 Å². The molecule has 0 aromatic heterocycles. The highest BCUT2D eigenvalue weighted by Gasteiger charge is 2.31. The van der Waals surface area contributed by atoms with E-state index < -0.39 is 0 Å². The van der Waals surface area contributed by atoms with Crippen LogP contribution in [0, 0.1) is 0 Å².